The van der Waals surface area contributed by atoms with E-state index < -0.39 is 0 Å². The Labute approximate surface area is 410 Å². The fourth-order valence-electron chi connectivity index (χ4n) is 10.3. The molecule has 0 amide bonds. The molecular formula is C62H58O8. The van der Waals surface area contributed by atoms with Gasteiger partial charge in [-0.15, -0.1) is 0 Å². The van der Waals surface area contributed by atoms with Crippen LogP contribution in [-0.2, 0) is 31.8 Å². The summed E-state index contributed by atoms with van der Waals surface area (Å²) < 4.78 is 50.9. The zero-order valence-corrected chi connectivity index (χ0v) is 39.6. The van der Waals surface area contributed by atoms with Crippen LogP contribution in [0.3, 0.4) is 0 Å². The second kappa shape index (κ2) is 21.8. The van der Waals surface area contributed by atoms with Gasteiger partial charge in [0.1, 0.15) is 49.4 Å². The fourth-order valence-corrected chi connectivity index (χ4v) is 10.3. The van der Waals surface area contributed by atoms with E-state index in [1.54, 1.807) is 0 Å². The van der Waals surface area contributed by atoms with Crippen LogP contribution < -0.4 is 18.9 Å². The van der Waals surface area contributed by atoms with Gasteiger partial charge in [0.2, 0.25) is 0 Å². The van der Waals surface area contributed by atoms with E-state index >= 15 is 0 Å². The van der Waals surface area contributed by atoms with Crippen LogP contribution in [0.5, 0.6) is 23.0 Å². The van der Waals surface area contributed by atoms with Crippen LogP contribution in [0.4, 0.5) is 0 Å². The lowest BCUT2D eigenvalue weighted by Crippen LogP contribution is -2.14. The van der Waals surface area contributed by atoms with Crippen molar-refractivity contribution in [1.29, 1.82) is 0 Å². The Balaban J connectivity index is 0.903. The van der Waals surface area contributed by atoms with E-state index in [-0.39, 0.29) is 0 Å². The third-order valence-electron chi connectivity index (χ3n) is 13.6. The van der Waals surface area contributed by atoms with Crippen molar-refractivity contribution in [1.82, 2.24) is 0 Å². The number of hydrogen-bond acceptors (Lipinski definition) is 8. The van der Waals surface area contributed by atoms with Gasteiger partial charge in [0, 0.05) is 22.3 Å². The summed E-state index contributed by atoms with van der Waals surface area (Å²) in [4.78, 5) is 0. The predicted molar refractivity (Wildman–Crippen MR) is 279 cm³/mol. The molecule has 8 nitrogen and oxygen atoms in total. The lowest BCUT2D eigenvalue weighted by molar-refractivity contribution is 0.0273. The maximum atomic E-state index is 7.02. The minimum Gasteiger partial charge on any atom is -0.491 e. The van der Waals surface area contributed by atoms with Crippen molar-refractivity contribution in [2.75, 3.05) is 79.3 Å². The molecule has 0 saturated heterocycles. The Morgan fingerprint density at radius 1 is 0.286 bits per heavy atom. The minimum absolute atomic E-state index is 0.325. The number of benzene rings is 8. The molecule has 2 aliphatic carbocycles. The van der Waals surface area contributed by atoms with E-state index in [1.807, 2.05) is 12.1 Å². The highest BCUT2D eigenvalue weighted by atomic mass is 16.6. The van der Waals surface area contributed by atoms with E-state index in [9.17, 15) is 0 Å². The van der Waals surface area contributed by atoms with E-state index in [1.165, 1.54) is 33.4 Å². The number of fused-ring (bicyclic) bond motifs is 9. The molecule has 8 aromatic rings. The Morgan fingerprint density at radius 2 is 0.657 bits per heavy atom. The van der Waals surface area contributed by atoms with Gasteiger partial charge in [-0.3, -0.25) is 0 Å². The van der Waals surface area contributed by atoms with E-state index in [0.717, 1.165) is 104 Å². The summed E-state index contributed by atoms with van der Waals surface area (Å²) in [5.41, 5.74) is 14.2. The Kier molecular flexibility index (Phi) is 14.2. The quantitative estimate of drug-likeness (QED) is 0.170. The number of rotatable bonds is 2. The van der Waals surface area contributed by atoms with Gasteiger partial charge in [0.05, 0.1) is 52.9 Å². The molecule has 11 rings (SSSR count). The van der Waals surface area contributed by atoms with Gasteiger partial charge in [0.25, 0.3) is 0 Å². The van der Waals surface area contributed by atoms with Crippen molar-refractivity contribution in [2.24, 2.45) is 0 Å². The van der Waals surface area contributed by atoms with Gasteiger partial charge >= 0.3 is 0 Å². The standard InChI is InChI=1S/C62H58O8/c1-3-11-43(12-4-1)57-39-47-15-7-9-17-51(47)59-60-52-18-10-8-16-48(52)40-58(44-13-5-2-6-14-44)62(60)70-38-34-66-30-28-64-32-36-68-50-24-20-46-22-26-54(56(46)42-50)53-25-21-45-19-23-49(41-55(45)53)67-35-31-63-27-29-65-33-37-69-61(57)59/h1-20,23-24,39-42H,21-22,25-38H2/b54-53-. The Bertz CT molecular complexity index is 2910. The van der Waals surface area contributed by atoms with Crippen molar-refractivity contribution < 1.29 is 37.9 Å². The molecule has 1 heterocycles. The lowest BCUT2D eigenvalue weighted by Gasteiger charge is -2.24. The third kappa shape index (κ3) is 9.91. The molecule has 4 bridgehead atoms. The van der Waals surface area contributed by atoms with Gasteiger partial charge in [0.15, 0.2) is 0 Å². The summed E-state index contributed by atoms with van der Waals surface area (Å²) in [7, 11) is 0. The molecule has 0 spiro atoms. The number of ether oxygens (including phenoxy) is 8. The summed E-state index contributed by atoms with van der Waals surface area (Å²) in [6.07, 6.45) is 4.15. The molecule has 70 heavy (non-hydrogen) atoms. The van der Waals surface area contributed by atoms with Crippen LogP contribution >= 0.6 is 0 Å². The van der Waals surface area contributed by atoms with Crippen LogP contribution in [0.25, 0.3) is 66.1 Å². The van der Waals surface area contributed by atoms with Gasteiger partial charge in [-0.05, 0) is 128 Å². The van der Waals surface area contributed by atoms with Gasteiger partial charge in [-0.2, -0.15) is 0 Å². The number of hydrogen-bond donors (Lipinski definition) is 0. The molecule has 0 atom stereocenters. The molecule has 0 fully saturated rings. The summed E-state index contributed by atoms with van der Waals surface area (Å²) >= 11 is 0. The molecule has 0 aromatic heterocycles. The third-order valence-corrected chi connectivity index (χ3v) is 13.6. The minimum atomic E-state index is 0.325. The van der Waals surface area contributed by atoms with Crippen LogP contribution in [0.15, 0.2) is 158 Å². The summed E-state index contributed by atoms with van der Waals surface area (Å²) in [5, 5.41) is 4.30. The summed E-state index contributed by atoms with van der Waals surface area (Å²) in [6, 6.07) is 55.5. The number of aryl methyl sites for hydroxylation is 2. The fraction of sp³-hybridized carbons (Fsp3) is 0.258. The Morgan fingerprint density at radius 3 is 1.09 bits per heavy atom. The van der Waals surface area contributed by atoms with Gasteiger partial charge < -0.3 is 37.9 Å². The predicted octanol–water partition coefficient (Wildman–Crippen LogP) is 13.1. The zero-order chi connectivity index (χ0) is 46.9. The van der Waals surface area contributed by atoms with Gasteiger partial charge in [-0.25, -0.2) is 0 Å². The maximum absolute atomic E-state index is 7.02. The van der Waals surface area contributed by atoms with Crippen molar-refractivity contribution >= 4 is 32.7 Å². The summed E-state index contributed by atoms with van der Waals surface area (Å²) in [5.74, 6) is 3.26. The molecule has 1 aliphatic heterocycles. The molecule has 0 radical (unpaired) electrons. The van der Waals surface area contributed by atoms with Crippen LogP contribution in [-0.4, -0.2) is 79.3 Å². The van der Waals surface area contributed by atoms with Gasteiger partial charge in [-0.1, -0.05) is 121 Å². The molecule has 8 aromatic carbocycles. The zero-order valence-electron chi connectivity index (χ0n) is 39.6. The smallest absolute Gasteiger partial charge is 0.135 e. The largest absolute Gasteiger partial charge is 0.491 e. The second-order valence-corrected chi connectivity index (χ2v) is 17.9. The monoisotopic (exact) mass is 930 g/mol. The molecule has 0 saturated carbocycles. The van der Waals surface area contributed by atoms with Crippen LogP contribution in [0, 0.1) is 0 Å². The molecule has 0 N–H and O–H groups in total. The van der Waals surface area contributed by atoms with Crippen molar-refractivity contribution in [3.05, 3.63) is 180 Å². The molecule has 354 valence electrons. The van der Waals surface area contributed by atoms with E-state index in [2.05, 4.69) is 146 Å². The first-order valence-electron chi connectivity index (χ1n) is 24.8. The highest BCUT2D eigenvalue weighted by Crippen LogP contribution is 2.52. The first kappa shape index (κ1) is 45.5. The lowest BCUT2D eigenvalue weighted by atomic mass is 9.86. The number of allylic oxidation sites excluding steroid dienone is 2. The average Bonchev–Trinajstić information content (AvgIpc) is 4.03. The molecule has 8 heteroatoms. The summed E-state index contributed by atoms with van der Waals surface area (Å²) in [6.45, 7) is 4.97. The molecular weight excluding hydrogens is 873 g/mol. The molecule has 3 aliphatic rings. The second-order valence-electron chi connectivity index (χ2n) is 17.9. The first-order valence-corrected chi connectivity index (χ1v) is 24.8. The van der Waals surface area contributed by atoms with Crippen LogP contribution in [0.1, 0.15) is 35.1 Å². The maximum Gasteiger partial charge on any atom is 0.135 e. The van der Waals surface area contributed by atoms with Crippen molar-refractivity contribution in [3.63, 3.8) is 0 Å². The van der Waals surface area contributed by atoms with Crippen molar-refractivity contribution in [2.45, 2.75) is 25.7 Å². The first-order chi connectivity index (χ1) is 34.8. The SMILES string of the molecule is c1ccc(-c2cc3ccccc3c3c2OCCOCCOCCOc2ccc4c(c2)/C(=C2/CCc5ccc(cc52)OCCOCCOCCOc2c(-c5ccccc5)cc5ccccc5c2-3)CC4)cc1. The topological polar surface area (TPSA) is 73.8 Å². The Hall–Kier alpha value is -6.94. The average molecular weight is 931 g/mol. The van der Waals surface area contributed by atoms with Crippen LogP contribution in [0.2, 0.25) is 0 Å². The van der Waals surface area contributed by atoms with E-state index in [4.69, 9.17) is 37.9 Å². The van der Waals surface area contributed by atoms with Crippen molar-refractivity contribution in [3.8, 4) is 56.4 Å². The molecule has 0 unspecified atom stereocenters. The normalized spacial score (nSPS) is 17.4. The van der Waals surface area contributed by atoms with E-state index in [0.29, 0.717) is 79.3 Å². The highest BCUT2D eigenvalue weighted by Gasteiger charge is 2.28. The highest BCUT2D eigenvalue weighted by molar-refractivity contribution is 6.14.